The summed E-state index contributed by atoms with van der Waals surface area (Å²) in [7, 11) is 0. The average Bonchev–Trinajstić information content (AvgIpc) is 3.50. The summed E-state index contributed by atoms with van der Waals surface area (Å²) in [5, 5.41) is 44.7. The fourth-order valence-corrected chi connectivity index (χ4v) is 5.09. The van der Waals surface area contributed by atoms with Crippen molar-refractivity contribution >= 4 is 17.6 Å². The quantitative estimate of drug-likeness (QED) is 0.0865. The van der Waals surface area contributed by atoms with Crippen molar-refractivity contribution in [3.8, 4) is 11.5 Å². The maximum Gasteiger partial charge on any atom is 1.00 e. The summed E-state index contributed by atoms with van der Waals surface area (Å²) in [6, 6.07) is 8.67. The molecule has 2 aromatic rings. The second kappa shape index (κ2) is 17.8. The van der Waals surface area contributed by atoms with Gasteiger partial charge < -0.3 is 60.1 Å². The van der Waals surface area contributed by atoms with Crippen LogP contribution in [0.4, 0.5) is 18.9 Å². The summed E-state index contributed by atoms with van der Waals surface area (Å²) in [4.78, 5) is 24.8. The summed E-state index contributed by atoms with van der Waals surface area (Å²) in [5.41, 5.74) is 6.35. The number of ether oxygens (including phenoxy) is 4. The van der Waals surface area contributed by atoms with Crippen LogP contribution in [0.2, 0.25) is 0 Å². The normalized spacial score (nSPS) is 25.6. The number of aliphatic carboxylic acids is 1. The van der Waals surface area contributed by atoms with Crippen molar-refractivity contribution in [2.45, 2.75) is 69.1 Å². The molecule has 0 aromatic heterocycles. The van der Waals surface area contributed by atoms with Gasteiger partial charge in [0.1, 0.15) is 31.0 Å². The number of alkyl halides is 3. The van der Waals surface area contributed by atoms with Gasteiger partial charge in [-0.1, -0.05) is 18.2 Å². The van der Waals surface area contributed by atoms with Gasteiger partial charge in [0.2, 0.25) is 0 Å². The van der Waals surface area contributed by atoms with Gasteiger partial charge in [-0.15, -0.1) is 0 Å². The van der Waals surface area contributed by atoms with Crippen molar-refractivity contribution < 1.29 is 99.9 Å². The first-order valence-electron chi connectivity index (χ1n) is 17.4. The topological polar surface area (TPSA) is 196 Å². The number of amides is 1. The van der Waals surface area contributed by atoms with Gasteiger partial charge in [-0.3, -0.25) is 4.79 Å². The van der Waals surface area contributed by atoms with Gasteiger partial charge in [0.25, 0.3) is 5.91 Å². The molecule has 0 radical (unpaired) electrons. The molecule has 13 nitrogen and oxygen atoms in total. The number of anilines is 1. The van der Waals surface area contributed by atoms with Crippen molar-refractivity contribution in [1.82, 2.24) is 5.32 Å². The molecule has 1 saturated heterocycles. The number of carbonyl (C=O) groups excluding carboxylic acids is 2. The number of nitrogens with zero attached hydrogens (tertiary/aromatic N) is 1. The summed E-state index contributed by atoms with van der Waals surface area (Å²) in [6.07, 6.45) is -19.2. The van der Waals surface area contributed by atoms with Gasteiger partial charge in [0, 0.05) is 31.1 Å². The number of carboxylic acids is 1. The van der Waals surface area contributed by atoms with Crippen LogP contribution in [0.1, 0.15) is 43.0 Å². The number of benzene rings is 2. The Bertz CT molecular complexity index is 1650. The smallest absolute Gasteiger partial charge is 0.547 e. The number of primary amides is 1. The number of nitrogens with one attached hydrogen (secondary N) is 1. The van der Waals surface area contributed by atoms with Gasteiger partial charge in [0.15, 0.2) is 24.4 Å². The van der Waals surface area contributed by atoms with E-state index in [0.717, 1.165) is 4.90 Å². The molecule has 2 aromatic carbocycles. The fraction of sp³-hybridized carbons (Fsp3) is 0.548. The molecule has 0 spiro atoms. The van der Waals surface area contributed by atoms with Crippen LogP contribution in [0.3, 0.4) is 0 Å². The minimum atomic E-state index is -4.53. The largest absolute Gasteiger partial charge is 1.00 e. The van der Waals surface area contributed by atoms with Crippen LogP contribution in [0, 0.1) is 0 Å². The molecule has 1 amide bonds. The minimum Gasteiger partial charge on any atom is -0.547 e. The Balaban J connectivity index is 0.00000784. The van der Waals surface area contributed by atoms with E-state index in [1.165, 1.54) is 24.3 Å². The van der Waals surface area contributed by atoms with Crippen LogP contribution in [0.25, 0.3) is 0 Å². The zero-order valence-electron chi connectivity index (χ0n) is 32.0. The molecule has 48 heavy (non-hydrogen) atoms. The average molecular weight is 700 g/mol. The molecule has 0 aliphatic carbocycles. The number of aliphatic hydroxyl groups is 3. The third-order valence-electron chi connectivity index (χ3n) is 7.24. The van der Waals surface area contributed by atoms with E-state index in [1.807, 2.05) is 0 Å². The van der Waals surface area contributed by atoms with Crippen LogP contribution in [0.5, 0.6) is 11.5 Å². The van der Waals surface area contributed by atoms with E-state index in [9.17, 15) is 43.2 Å². The molecule has 2 aliphatic heterocycles. The second-order valence-electron chi connectivity index (χ2n) is 10.8. The molecule has 2 heterocycles. The van der Waals surface area contributed by atoms with Gasteiger partial charge in [-0.05, 0) is 55.5 Å². The maximum absolute atomic E-state index is 12.7. The predicted molar refractivity (Wildman–Crippen MR) is 158 cm³/mol. The molecule has 0 saturated carbocycles. The fourth-order valence-electron chi connectivity index (χ4n) is 5.09. The van der Waals surface area contributed by atoms with Gasteiger partial charge >= 0.3 is 35.7 Å². The second-order valence-corrected chi connectivity index (χ2v) is 10.8. The standard InChI is InChI=1S/C31H40F3N3O10.Na/c1-17(36-8-12-44-21-5-2-3-6-22(21)46-16-31(32,33)34)13-18-14-19-7-10-37(23(19)20(15-18)28(35)41)9-4-11-45-30-26(40)24(38)25(39)27(47-30)29(42)43;/h2-3,5-6,14-15,17,24-27,30,36,38-40H,4,7-13,16H2,1H3,(H2,35,41)(H,42,43);/q;+1/p-1/t17-,24+,25+,26-,27+,30-;/m1./s1/i4D2,9D2,11D2;. The number of hydrogen-bond acceptors (Lipinski definition) is 12. The molecule has 0 bridgehead atoms. The summed E-state index contributed by atoms with van der Waals surface area (Å²) in [6.45, 7) is -6.64. The van der Waals surface area contributed by atoms with E-state index in [1.54, 1.807) is 19.1 Å². The van der Waals surface area contributed by atoms with Crippen LogP contribution >= 0.6 is 0 Å². The Hall–Kier alpha value is -2.67. The number of nitrogens with two attached hydrogens (primary N) is 1. The monoisotopic (exact) mass is 699 g/mol. The van der Waals surface area contributed by atoms with Crippen molar-refractivity contribution in [3.63, 3.8) is 0 Å². The Morgan fingerprint density at radius 1 is 1.17 bits per heavy atom. The first kappa shape index (κ1) is 31.3. The number of hydrogen-bond donors (Lipinski definition) is 5. The maximum atomic E-state index is 12.7. The number of aliphatic hydroxyl groups excluding tert-OH is 3. The number of carboxylic acid groups (broad SMARTS) is 1. The van der Waals surface area contributed by atoms with Crippen LogP contribution in [0.15, 0.2) is 36.4 Å². The number of rotatable bonds is 16. The summed E-state index contributed by atoms with van der Waals surface area (Å²) >= 11 is 0. The molecule has 0 unspecified atom stereocenters. The van der Waals surface area contributed by atoms with E-state index in [0.29, 0.717) is 17.5 Å². The molecule has 17 heteroatoms. The zero-order valence-corrected chi connectivity index (χ0v) is 28.0. The molecule has 1 fully saturated rings. The van der Waals surface area contributed by atoms with Crippen LogP contribution in [-0.4, -0.2) is 109 Å². The molecule has 4 rings (SSSR count). The Labute approximate surface area is 305 Å². The number of para-hydroxylation sites is 2. The molecular formula is C31H39F3N3NaO10. The SMILES string of the molecule is [2H]C([2H])(O[C@@H]1O[C@H](C(=O)[O-])[C@@H](O)[C@H](O)[C@H]1O)C([2H])([2H])C([2H])([2H])N1CCc2cc(C[C@@H](C)NCCOc3ccccc3OCC(F)(F)F)cc(C(N)=O)c21.[Na+]. The first-order chi connectivity index (χ1) is 24.5. The first-order valence-corrected chi connectivity index (χ1v) is 14.4. The van der Waals surface area contributed by atoms with E-state index in [2.05, 4.69) is 5.32 Å². The Kier molecular flexibility index (Phi) is 11.6. The number of fused-ring (bicyclic) bond motifs is 1. The molecule has 2 aliphatic rings. The number of carbonyl (C=O) groups is 2. The van der Waals surface area contributed by atoms with Crippen molar-refractivity contribution in [2.75, 3.05) is 44.3 Å². The van der Waals surface area contributed by atoms with E-state index >= 15 is 0 Å². The van der Waals surface area contributed by atoms with Gasteiger partial charge in [0.05, 0.1) is 26.5 Å². The van der Waals surface area contributed by atoms with Crippen LogP contribution < -0.4 is 60.1 Å². The third kappa shape index (κ3) is 10.7. The molecule has 6 atom stereocenters. The molecule has 6 N–H and O–H groups in total. The predicted octanol–water partition coefficient (Wildman–Crippen LogP) is -3.34. The summed E-state index contributed by atoms with van der Waals surface area (Å²) in [5.74, 6) is -3.01. The van der Waals surface area contributed by atoms with E-state index in [-0.39, 0.29) is 84.5 Å². The van der Waals surface area contributed by atoms with Crippen molar-refractivity contribution in [1.29, 1.82) is 0 Å². The molecular weight excluding hydrogens is 654 g/mol. The van der Waals surface area contributed by atoms with Crippen LogP contribution in [-0.2, 0) is 27.1 Å². The van der Waals surface area contributed by atoms with Crippen molar-refractivity contribution in [3.05, 3.63) is 53.1 Å². The Morgan fingerprint density at radius 2 is 1.85 bits per heavy atom. The zero-order chi connectivity index (χ0) is 39.7. The van der Waals surface area contributed by atoms with Gasteiger partial charge in [-0.2, -0.15) is 13.2 Å². The summed E-state index contributed by atoms with van der Waals surface area (Å²) < 4.78 is 109. The third-order valence-corrected chi connectivity index (χ3v) is 7.24. The van der Waals surface area contributed by atoms with Gasteiger partial charge in [-0.25, -0.2) is 0 Å². The molecule has 260 valence electrons. The number of halogens is 3. The Morgan fingerprint density at radius 3 is 2.50 bits per heavy atom. The van der Waals surface area contributed by atoms with Crippen molar-refractivity contribution in [2.24, 2.45) is 5.73 Å². The van der Waals surface area contributed by atoms with E-state index < -0.39 is 74.8 Å². The van der Waals surface area contributed by atoms with E-state index in [4.69, 9.17) is 32.9 Å². The minimum absolute atomic E-state index is 0.